The lowest BCUT2D eigenvalue weighted by molar-refractivity contribution is 0.419. The number of hydrogen-bond donors (Lipinski definition) is 1. The third kappa shape index (κ3) is 3.43. The van der Waals surface area contributed by atoms with Gasteiger partial charge in [0.2, 0.25) is 0 Å². The van der Waals surface area contributed by atoms with Gasteiger partial charge < -0.3 is 5.32 Å². The molecule has 0 bridgehead atoms. The molecule has 1 heteroatoms. The molecule has 0 aromatic heterocycles. The van der Waals surface area contributed by atoms with Crippen molar-refractivity contribution in [2.45, 2.75) is 27.2 Å². The zero-order chi connectivity index (χ0) is 8.32. The van der Waals surface area contributed by atoms with Crippen LogP contribution in [0.1, 0.15) is 27.2 Å². The Morgan fingerprint density at radius 1 is 1.36 bits per heavy atom. The molecular weight excluding hydrogens is 134 g/mol. The van der Waals surface area contributed by atoms with Crippen LogP contribution in [0.4, 0.5) is 0 Å². The van der Waals surface area contributed by atoms with E-state index in [1.807, 2.05) is 0 Å². The van der Waals surface area contributed by atoms with E-state index in [2.05, 4.69) is 37.9 Å². The summed E-state index contributed by atoms with van der Waals surface area (Å²) in [6.45, 7) is 8.86. The highest BCUT2D eigenvalue weighted by Crippen LogP contribution is 2.17. The van der Waals surface area contributed by atoms with Crippen molar-refractivity contribution >= 4 is 0 Å². The maximum absolute atomic E-state index is 3.26. The summed E-state index contributed by atoms with van der Waals surface area (Å²) in [5, 5.41) is 3.21. The predicted octanol–water partition coefficient (Wildman–Crippen LogP) is 1.65. The molecule has 11 heavy (non-hydrogen) atoms. The molecule has 1 rings (SSSR count). The van der Waals surface area contributed by atoms with Crippen LogP contribution < -0.4 is 5.32 Å². The van der Waals surface area contributed by atoms with Crippen molar-refractivity contribution < 1.29 is 0 Å². The van der Waals surface area contributed by atoms with E-state index in [9.17, 15) is 0 Å². The van der Waals surface area contributed by atoms with Crippen molar-refractivity contribution in [1.29, 1.82) is 0 Å². The van der Waals surface area contributed by atoms with E-state index >= 15 is 0 Å². The molecule has 0 amide bonds. The second kappa shape index (κ2) is 3.28. The van der Waals surface area contributed by atoms with Gasteiger partial charge in [0.05, 0.1) is 0 Å². The first-order valence-corrected chi connectivity index (χ1v) is 4.27. The molecule has 0 aromatic carbocycles. The molecular formula is C10H17N. The van der Waals surface area contributed by atoms with Gasteiger partial charge in [0.15, 0.2) is 0 Å². The Kier molecular flexibility index (Phi) is 2.57. The molecule has 1 aliphatic rings. The Morgan fingerprint density at radius 2 is 2.00 bits per heavy atom. The highest BCUT2D eigenvalue weighted by molar-refractivity contribution is 5.09. The summed E-state index contributed by atoms with van der Waals surface area (Å²) >= 11 is 0. The fraction of sp³-hybridized carbons (Fsp3) is 0.800. The van der Waals surface area contributed by atoms with Gasteiger partial charge in [-0.15, -0.1) is 5.92 Å². The van der Waals surface area contributed by atoms with Crippen LogP contribution in [-0.4, -0.2) is 13.1 Å². The monoisotopic (exact) mass is 151 g/mol. The minimum absolute atomic E-state index is 0.365. The number of rotatable bonds is 0. The summed E-state index contributed by atoms with van der Waals surface area (Å²) in [4.78, 5) is 0. The van der Waals surface area contributed by atoms with E-state index < -0.39 is 0 Å². The molecule has 0 radical (unpaired) electrons. The number of hydrogen-bond acceptors (Lipinski definition) is 1. The fourth-order valence-corrected chi connectivity index (χ4v) is 0.851. The van der Waals surface area contributed by atoms with Gasteiger partial charge in [-0.3, -0.25) is 0 Å². The summed E-state index contributed by atoms with van der Waals surface area (Å²) in [7, 11) is 0. The van der Waals surface area contributed by atoms with Crippen LogP contribution in [0.2, 0.25) is 0 Å². The summed E-state index contributed by atoms with van der Waals surface area (Å²) in [5.74, 6) is 7.14. The lowest BCUT2D eigenvalue weighted by Gasteiger charge is -2.21. The Bertz CT molecular complexity index is 173. The molecule has 0 aliphatic carbocycles. The van der Waals surface area contributed by atoms with Gasteiger partial charge in [-0.25, -0.2) is 0 Å². The van der Waals surface area contributed by atoms with E-state index in [1.54, 1.807) is 0 Å². The fourth-order valence-electron chi connectivity index (χ4n) is 0.851. The Labute approximate surface area is 69.6 Å². The minimum atomic E-state index is 0.365. The first-order chi connectivity index (χ1) is 5.08. The minimum Gasteiger partial charge on any atom is -0.314 e. The van der Waals surface area contributed by atoms with Crippen molar-refractivity contribution in [2.75, 3.05) is 13.1 Å². The summed E-state index contributed by atoms with van der Waals surface area (Å²) in [5.41, 5.74) is 0.365. The topological polar surface area (TPSA) is 12.0 Å². The molecule has 1 saturated heterocycles. The molecule has 0 unspecified atom stereocenters. The summed E-state index contributed by atoms with van der Waals surface area (Å²) in [6.07, 6.45) is 1.02. The van der Waals surface area contributed by atoms with Crippen molar-refractivity contribution in [3.8, 4) is 11.8 Å². The smallest absolute Gasteiger partial charge is 0.0452 e. The zero-order valence-corrected chi connectivity index (χ0v) is 7.70. The van der Waals surface area contributed by atoms with Crippen molar-refractivity contribution in [1.82, 2.24) is 5.32 Å². The van der Waals surface area contributed by atoms with Crippen LogP contribution >= 0.6 is 0 Å². The van der Waals surface area contributed by atoms with Crippen molar-refractivity contribution in [2.24, 2.45) is 11.3 Å². The lowest BCUT2D eigenvalue weighted by atomic mass is 9.92. The zero-order valence-electron chi connectivity index (χ0n) is 7.70. The van der Waals surface area contributed by atoms with Gasteiger partial charge in [-0.1, -0.05) is 26.7 Å². The molecule has 1 heterocycles. The Balaban J connectivity index is 2.22. The van der Waals surface area contributed by atoms with Gasteiger partial charge in [-0.05, 0) is 5.41 Å². The second-order valence-corrected chi connectivity index (χ2v) is 4.41. The van der Waals surface area contributed by atoms with Crippen LogP contribution in [-0.2, 0) is 0 Å². The average molecular weight is 151 g/mol. The van der Waals surface area contributed by atoms with E-state index in [0.717, 1.165) is 19.5 Å². The van der Waals surface area contributed by atoms with E-state index in [1.165, 1.54) is 0 Å². The lowest BCUT2D eigenvalue weighted by Crippen LogP contribution is -2.40. The van der Waals surface area contributed by atoms with E-state index in [-0.39, 0.29) is 0 Å². The molecule has 1 N–H and O–H groups in total. The highest BCUT2D eigenvalue weighted by Gasteiger charge is 2.13. The highest BCUT2D eigenvalue weighted by atomic mass is 14.9. The van der Waals surface area contributed by atoms with Crippen LogP contribution in [0.3, 0.4) is 0 Å². The Morgan fingerprint density at radius 3 is 2.36 bits per heavy atom. The average Bonchev–Trinajstić information content (AvgIpc) is 1.73. The molecule has 1 fully saturated rings. The van der Waals surface area contributed by atoms with Crippen molar-refractivity contribution in [3.63, 3.8) is 0 Å². The van der Waals surface area contributed by atoms with Crippen LogP contribution in [0.5, 0.6) is 0 Å². The first-order valence-electron chi connectivity index (χ1n) is 4.27. The second-order valence-electron chi connectivity index (χ2n) is 4.41. The third-order valence-corrected chi connectivity index (χ3v) is 1.71. The largest absolute Gasteiger partial charge is 0.314 e. The predicted molar refractivity (Wildman–Crippen MR) is 48.2 cm³/mol. The third-order valence-electron chi connectivity index (χ3n) is 1.71. The standard InChI is InChI=1S/C10H17N/c1-10(2,3)6-4-5-9-7-11-8-9/h9,11H,6-8H2,1-3H3. The summed E-state index contributed by atoms with van der Waals surface area (Å²) in [6, 6.07) is 0. The van der Waals surface area contributed by atoms with Crippen LogP contribution in [0.15, 0.2) is 0 Å². The van der Waals surface area contributed by atoms with Crippen LogP contribution in [0.25, 0.3) is 0 Å². The van der Waals surface area contributed by atoms with Gasteiger partial charge >= 0.3 is 0 Å². The molecule has 1 nitrogen and oxygen atoms in total. The van der Waals surface area contributed by atoms with Gasteiger partial charge in [0.1, 0.15) is 0 Å². The molecule has 0 aromatic rings. The first kappa shape index (κ1) is 8.62. The Hall–Kier alpha value is -0.480. The summed E-state index contributed by atoms with van der Waals surface area (Å²) < 4.78 is 0. The van der Waals surface area contributed by atoms with E-state index in [4.69, 9.17) is 0 Å². The molecule has 62 valence electrons. The van der Waals surface area contributed by atoms with Crippen molar-refractivity contribution in [3.05, 3.63) is 0 Å². The van der Waals surface area contributed by atoms with Gasteiger partial charge in [0, 0.05) is 25.4 Å². The SMILES string of the molecule is CC(C)(C)CC#CC1CNC1. The number of nitrogens with one attached hydrogen (secondary N) is 1. The van der Waals surface area contributed by atoms with Gasteiger partial charge in [-0.2, -0.15) is 0 Å². The molecule has 0 spiro atoms. The quantitative estimate of drug-likeness (QED) is 0.519. The van der Waals surface area contributed by atoms with E-state index in [0.29, 0.717) is 11.3 Å². The molecule has 0 atom stereocenters. The maximum Gasteiger partial charge on any atom is 0.0452 e. The van der Waals surface area contributed by atoms with Gasteiger partial charge in [0.25, 0.3) is 0 Å². The maximum atomic E-state index is 3.26. The van der Waals surface area contributed by atoms with Crippen LogP contribution in [0, 0.1) is 23.2 Å². The molecule has 1 aliphatic heterocycles. The normalized spacial score (nSPS) is 18.5. The molecule has 0 saturated carbocycles.